The van der Waals surface area contributed by atoms with Crippen LogP contribution in [0.2, 0.25) is 0 Å². The van der Waals surface area contributed by atoms with E-state index >= 15 is 0 Å². The van der Waals surface area contributed by atoms with Gasteiger partial charge in [-0.2, -0.15) is 0 Å². The summed E-state index contributed by atoms with van der Waals surface area (Å²) in [6, 6.07) is 10.4. The molecule has 0 aromatic heterocycles. The van der Waals surface area contributed by atoms with Gasteiger partial charge in [-0.15, -0.1) is 6.58 Å². The van der Waals surface area contributed by atoms with Crippen LogP contribution in [0.15, 0.2) is 43.0 Å². The fraction of sp³-hybridized carbons (Fsp3) is 0.474. The molecule has 1 aromatic rings. The van der Waals surface area contributed by atoms with E-state index in [1.54, 1.807) is 11.0 Å². The first-order chi connectivity index (χ1) is 11.6. The summed E-state index contributed by atoms with van der Waals surface area (Å²) in [7, 11) is 0. The minimum Gasteiger partial charge on any atom is -0.340 e. The molecule has 0 saturated carbocycles. The number of piperazine rings is 1. The first kappa shape index (κ1) is 18.2. The molecule has 0 atom stereocenters. The smallest absolute Gasteiger partial charge is 0.224 e. The molecule has 0 spiro atoms. The maximum Gasteiger partial charge on any atom is 0.224 e. The van der Waals surface area contributed by atoms with Gasteiger partial charge in [-0.05, 0) is 5.56 Å². The van der Waals surface area contributed by atoms with Gasteiger partial charge in [0.05, 0.1) is 0 Å². The van der Waals surface area contributed by atoms with Crippen LogP contribution in [0.5, 0.6) is 0 Å². The largest absolute Gasteiger partial charge is 0.340 e. The summed E-state index contributed by atoms with van der Waals surface area (Å²) in [4.78, 5) is 29.8. The Morgan fingerprint density at radius 2 is 1.83 bits per heavy atom. The highest BCUT2D eigenvalue weighted by atomic mass is 16.2. The number of amides is 2. The molecule has 0 unspecified atom stereocenters. The van der Waals surface area contributed by atoms with Crippen LogP contribution in [0.4, 0.5) is 0 Å². The first-order valence-electron chi connectivity index (χ1n) is 8.50. The lowest BCUT2D eigenvalue weighted by Crippen LogP contribution is -2.48. The molecule has 2 rings (SSSR count). The lowest BCUT2D eigenvalue weighted by Gasteiger charge is -2.35. The molecule has 0 radical (unpaired) electrons. The molecule has 1 fully saturated rings. The third-order valence-corrected chi connectivity index (χ3v) is 4.36. The zero-order chi connectivity index (χ0) is 17.4. The zero-order valence-corrected chi connectivity index (χ0v) is 14.5. The molecule has 5 nitrogen and oxygen atoms in total. The Morgan fingerprint density at radius 3 is 2.42 bits per heavy atom. The average molecular weight is 329 g/mol. The van der Waals surface area contributed by atoms with E-state index in [-0.39, 0.29) is 11.8 Å². The molecule has 24 heavy (non-hydrogen) atoms. The summed E-state index contributed by atoms with van der Waals surface area (Å²) in [5, 5.41) is 0. The minimum absolute atomic E-state index is 0.0182. The molecule has 1 heterocycles. The van der Waals surface area contributed by atoms with Crippen LogP contribution in [0, 0.1) is 0 Å². The monoisotopic (exact) mass is 329 g/mol. The van der Waals surface area contributed by atoms with E-state index < -0.39 is 0 Å². The number of carbonyl (C=O) groups excluding carboxylic acids is 2. The molecule has 0 bridgehead atoms. The molecule has 0 N–H and O–H groups in total. The van der Waals surface area contributed by atoms with Crippen molar-refractivity contribution in [3.8, 4) is 0 Å². The van der Waals surface area contributed by atoms with Crippen molar-refractivity contribution in [2.75, 3.05) is 39.3 Å². The Bertz CT molecular complexity index is 551. The van der Waals surface area contributed by atoms with Gasteiger partial charge in [0.2, 0.25) is 11.8 Å². The van der Waals surface area contributed by atoms with Crippen LogP contribution in [0.1, 0.15) is 18.9 Å². The Kier molecular flexibility index (Phi) is 7.00. The normalized spacial score (nSPS) is 15.1. The maximum atomic E-state index is 12.3. The van der Waals surface area contributed by atoms with Crippen molar-refractivity contribution < 1.29 is 9.59 Å². The molecule has 0 aliphatic carbocycles. The molecular weight excluding hydrogens is 302 g/mol. The quantitative estimate of drug-likeness (QED) is 0.716. The van der Waals surface area contributed by atoms with Crippen molar-refractivity contribution >= 4 is 11.8 Å². The Labute approximate surface area is 144 Å². The fourth-order valence-electron chi connectivity index (χ4n) is 2.92. The number of hydrogen-bond acceptors (Lipinski definition) is 3. The SMILES string of the molecule is C=CCN(CCC(=O)N1CCN(Cc2ccccc2)CC1)C(C)=O. The Morgan fingerprint density at radius 1 is 1.17 bits per heavy atom. The standard InChI is InChI=1S/C19H27N3O2/c1-3-10-21(17(2)23)11-9-19(24)22-14-12-20(13-15-22)16-18-7-5-4-6-8-18/h3-8H,1,9-16H2,2H3. The predicted molar refractivity (Wildman–Crippen MR) is 95.4 cm³/mol. The van der Waals surface area contributed by atoms with Gasteiger partial charge < -0.3 is 9.80 Å². The number of hydrogen-bond donors (Lipinski definition) is 0. The summed E-state index contributed by atoms with van der Waals surface area (Å²) in [5.41, 5.74) is 1.30. The van der Waals surface area contributed by atoms with Crippen LogP contribution in [-0.4, -0.2) is 65.8 Å². The number of carbonyl (C=O) groups is 2. The molecule has 1 aliphatic heterocycles. The summed E-state index contributed by atoms with van der Waals surface area (Å²) in [6.07, 6.45) is 2.07. The van der Waals surface area contributed by atoms with Gasteiger partial charge in [-0.3, -0.25) is 14.5 Å². The molecular formula is C19H27N3O2. The summed E-state index contributed by atoms with van der Waals surface area (Å²) in [6.45, 7) is 10.4. The van der Waals surface area contributed by atoms with Crippen LogP contribution in [-0.2, 0) is 16.1 Å². The third-order valence-electron chi connectivity index (χ3n) is 4.36. The molecule has 1 saturated heterocycles. The Balaban J connectivity index is 1.74. The van der Waals surface area contributed by atoms with Crippen LogP contribution in [0.25, 0.3) is 0 Å². The number of benzene rings is 1. The topological polar surface area (TPSA) is 43.9 Å². The second-order valence-corrected chi connectivity index (χ2v) is 6.15. The van der Waals surface area contributed by atoms with E-state index in [2.05, 4.69) is 35.7 Å². The van der Waals surface area contributed by atoms with E-state index in [4.69, 9.17) is 0 Å². The van der Waals surface area contributed by atoms with Gasteiger partial charge in [-0.25, -0.2) is 0 Å². The van der Waals surface area contributed by atoms with Gasteiger partial charge >= 0.3 is 0 Å². The van der Waals surface area contributed by atoms with Gasteiger partial charge in [0.1, 0.15) is 0 Å². The van der Waals surface area contributed by atoms with Crippen molar-refractivity contribution in [3.05, 3.63) is 48.6 Å². The van der Waals surface area contributed by atoms with Crippen molar-refractivity contribution in [2.24, 2.45) is 0 Å². The van der Waals surface area contributed by atoms with E-state index in [0.29, 0.717) is 19.5 Å². The minimum atomic E-state index is -0.0182. The average Bonchev–Trinajstić information content (AvgIpc) is 2.59. The van der Waals surface area contributed by atoms with E-state index in [1.165, 1.54) is 12.5 Å². The lowest BCUT2D eigenvalue weighted by atomic mass is 10.2. The highest BCUT2D eigenvalue weighted by molar-refractivity contribution is 5.78. The van der Waals surface area contributed by atoms with Gasteiger partial charge in [0.25, 0.3) is 0 Å². The first-order valence-corrected chi connectivity index (χ1v) is 8.50. The Hall–Kier alpha value is -2.14. The van der Waals surface area contributed by atoms with E-state index in [0.717, 1.165) is 32.7 Å². The predicted octanol–water partition coefficient (Wildman–Crippen LogP) is 1.76. The van der Waals surface area contributed by atoms with Gasteiger partial charge in [0.15, 0.2) is 0 Å². The number of rotatable bonds is 7. The van der Waals surface area contributed by atoms with Crippen LogP contribution in [0.3, 0.4) is 0 Å². The molecule has 1 aromatic carbocycles. The van der Waals surface area contributed by atoms with E-state index in [1.807, 2.05) is 11.0 Å². The van der Waals surface area contributed by atoms with Crippen LogP contribution < -0.4 is 0 Å². The van der Waals surface area contributed by atoms with Crippen molar-refractivity contribution in [1.29, 1.82) is 0 Å². The second kappa shape index (κ2) is 9.23. The van der Waals surface area contributed by atoms with Crippen LogP contribution >= 0.6 is 0 Å². The highest BCUT2D eigenvalue weighted by Gasteiger charge is 2.21. The second-order valence-electron chi connectivity index (χ2n) is 6.15. The summed E-state index contributed by atoms with van der Waals surface area (Å²) in [5.74, 6) is 0.111. The fourth-order valence-corrected chi connectivity index (χ4v) is 2.92. The van der Waals surface area contributed by atoms with E-state index in [9.17, 15) is 9.59 Å². The third kappa shape index (κ3) is 5.49. The van der Waals surface area contributed by atoms with Gasteiger partial charge in [0, 0.05) is 59.2 Å². The van der Waals surface area contributed by atoms with Crippen molar-refractivity contribution in [3.63, 3.8) is 0 Å². The van der Waals surface area contributed by atoms with Gasteiger partial charge in [-0.1, -0.05) is 36.4 Å². The van der Waals surface area contributed by atoms with Crippen molar-refractivity contribution in [2.45, 2.75) is 19.9 Å². The summed E-state index contributed by atoms with van der Waals surface area (Å²) < 4.78 is 0. The molecule has 1 aliphatic rings. The molecule has 5 heteroatoms. The molecule has 2 amide bonds. The summed E-state index contributed by atoms with van der Waals surface area (Å²) >= 11 is 0. The van der Waals surface area contributed by atoms with Crippen molar-refractivity contribution in [1.82, 2.24) is 14.7 Å². The highest BCUT2D eigenvalue weighted by Crippen LogP contribution is 2.09. The lowest BCUT2D eigenvalue weighted by molar-refractivity contribution is -0.134. The molecule has 130 valence electrons. The zero-order valence-electron chi connectivity index (χ0n) is 14.5. The maximum absolute atomic E-state index is 12.3. The number of nitrogens with zero attached hydrogens (tertiary/aromatic N) is 3.